The number of carbonyl (C=O) groups is 2. The van der Waals surface area contributed by atoms with E-state index in [0.717, 1.165) is 5.41 Å². The van der Waals surface area contributed by atoms with E-state index in [-0.39, 0.29) is 12.3 Å². The summed E-state index contributed by atoms with van der Waals surface area (Å²) in [7, 11) is -3.22. The van der Waals surface area contributed by atoms with Gasteiger partial charge in [0.2, 0.25) is 0 Å². The summed E-state index contributed by atoms with van der Waals surface area (Å²) >= 11 is 0. The standard InChI is InChI=1S/C11H18N2O5S/c1-3-11(2,9(14)15)7-12-10(16)13-8-4-5-19(17,18)6-8/h4-5,8H,3,6-7H2,1-2H3,(H,14,15)(H2,12,13,16). The Morgan fingerprint density at radius 2 is 2.11 bits per heavy atom. The fourth-order valence-electron chi connectivity index (χ4n) is 1.51. The van der Waals surface area contributed by atoms with Crippen LogP contribution < -0.4 is 10.6 Å². The number of sulfone groups is 1. The molecule has 108 valence electrons. The van der Waals surface area contributed by atoms with E-state index in [1.54, 1.807) is 6.92 Å². The minimum absolute atomic E-state index is 0.0200. The number of amides is 2. The van der Waals surface area contributed by atoms with E-state index >= 15 is 0 Å². The van der Waals surface area contributed by atoms with Crippen LogP contribution in [0, 0.1) is 5.41 Å². The lowest BCUT2D eigenvalue weighted by atomic mass is 9.88. The minimum Gasteiger partial charge on any atom is -0.481 e. The molecule has 0 aromatic carbocycles. The van der Waals surface area contributed by atoms with Gasteiger partial charge in [0.05, 0.1) is 17.2 Å². The van der Waals surface area contributed by atoms with Gasteiger partial charge in [0.15, 0.2) is 9.84 Å². The molecule has 0 aliphatic carbocycles. The number of carboxylic acid groups (broad SMARTS) is 1. The zero-order valence-corrected chi connectivity index (χ0v) is 11.7. The molecular weight excluding hydrogens is 272 g/mol. The van der Waals surface area contributed by atoms with Crippen LogP contribution in [0.5, 0.6) is 0 Å². The Bertz CT molecular complexity index is 499. The van der Waals surface area contributed by atoms with Crippen molar-refractivity contribution in [3.63, 3.8) is 0 Å². The number of carboxylic acids is 1. The van der Waals surface area contributed by atoms with Gasteiger partial charge in [0, 0.05) is 12.0 Å². The van der Waals surface area contributed by atoms with E-state index in [4.69, 9.17) is 5.11 Å². The predicted molar refractivity (Wildman–Crippen MR) is 69.3 cm³/mol. The summed E-state index contributed by atoms with van der Waals surface area (Å²) in [5.74, 6) is -1.15. The largest absolute Gasteiger partial charge is 0.481 e. The van der Waals surface area contributed by atoms with E-state index < -0.39 is 33.3 Å². The van der Waals surface area contributed by atoms with Crippen LogP contribution in [0.3, 0.4) is 0 Å². The average Bonchev–Trinajstić information content (AvgIpc) is 2.65. The van der Waals surface area contributed by atoms with Crippen LogP contribution in [0.15, 0.2) is 11.5 Å². The number of urea groups is 1. The molecule has 19 heavy (non-hydrogen) atoms. The van der Waals surface area contributed by atoms with Crippen molar-refractivity contribution in [2.75, 3.05) is 12.3 Å². The SMILES string of the molecule is CCC(C)(CNC(=O)NC1C=CS(=O)(=O)C1)C(=O)O. The molecule has 0 aromatic rings. The number of aliphatic carboxylic acids is 1. The summed E-state index contributed by atoms with van der Waals surface area (Å²) in [6, 6.07) is -1.14. The topological polar surface area (TPSA) is 113 Å². The van der Waals surface area contributed by atoms with Gasteiger partial charge in [0.25, 0.3) is 0 Å². The Labute approximate surface area is 112 Å². The monoisotopic (exact) mass is 290 g/mol. The van der Waals surface area contributed by atoms with Crippen molar-refractivity contribution in [1.82, 2.24) is 10.6 Å². The molecule has 2 unspecified atom stereocenters. The number of carbonyl (C=O) groups excluding carboxylic acids is 1. The van der Waals surface area contributed by atoms with Crippen LogP contribution in [0.2, 0.25) is 0 Å². The highest BCUT2D eigenvalue weighted by Crippen LogP contribution is 2.19. The summed E-state index contributed by atoms with van der Waals surface area (Å²) in [5.41, 5.74) is -1.03. The van der Waals surface area contributed by atoms with Crippen molar-refractivity contribution in [3.8, 4) is 0 Å². The summed E-state index contributed by atoms with van der Waals surface area (Å²) in [6.45, 7) is 3.24. The molecule has 1 aliphatic heterocycles. The Morgan fingerprint density at radius 1 is 1.47 bits per heavy atom. The number of rotatable bonds is 5. The molecule has 7 nitrogen and oxygen atoms in total. The number of hydrogen-bond acceptors (Lipinski definition) is 4. The molecule has 2 amide bonds. The lowest BCUT2D eigenvalue weighted by Gasteiger charge is -2.23. The zero-order chi connectivity index (χ0) is 14.7. The van der Waals surface area contributed by atoms with Crippen molar-refractivity contribution in [2.45, 2.75) is 26.3 Å². The number of nitrogens with one attached hydrogen (secondary N) is 2. The maximum atomic E-state index is 11.6. The maximum Gasteiger partial charge on any atom is 0.315 e. The van der Waals surface area contributed by atoms with Crippen molar-refractivity contribution < 1.29 is 23.1 Å². The van der Waals surface area contributed by atoms with Crippen LogP contribution in [0.4, 0.5) is 4.79 Å². The van der Waals surface area contributed by atoms with Crippen molar-refractivity contribution >= 4 is 21.8 Å². The number of hydrogen-bond donors (Lipinski definition) is 3. The summed E-state index contributed by atoms with van der Waals surface area (Å²) < 4.78 is 22.3. The molecule has 0 saturated carbocycles. The fraction of sp³-hybridized carbons (Fsp3) is 0.636. The summed E-state index contributed by atoms with van der Waals surface area (Å²) in [6.07, 6.45) is 1.77. The van der Waals surface area contributed by atoms with Crippen LogP contribution in [-0.4, -0.2) is 43.9 Å². The third kappa shape index (κ3) is 4.23. The van der Waals surface area contributed by atoms with Crippen LogP contribution in [0.1, 0.15) is 20.3 Å². The molecule has 8 heteroatoms. The van der Waals surface area contributed by atoms with Gasteiger partial charge in [-0.2, -0.15) is 0 Å². The lowest BCUT2D eigenvalue weighted by Crippen LogP contribution is -2.47. The van der Waals surface area contributed by atoms with Gasteiger partial charge in [-0.15, -0.1) is 0 Å². The minimum atomic E-state index is -3.22. The molecule has 2 atom stereocenters. The molecule has 0 aromatic heterocycles. The highest BCUT2D eigenvalue weighted by Gasteiger charge is 2.32. The first-order valence-corrected chi connectivity index (χ1v) is 7.59. The lowest BCUT2D eigenvalue weighted by molar-refractivity contribution is -0.147. The normalized spacial score (nSPS) is 23.6. The van der Waals surface area contributed by atoms with E-state index in [1.165, 1.54) is 13.0 Å². The average molecular weight is 290 g/mol. The van der Waals surface area contributed by atoms with Crippen LogP contribution >= 0.6 is 0 Å². The van der Waals surface area contributed by atoms with Crippen molar-refractivity contribution in [1.29, 1.82) is 0 Å². The molecule has 0 radical (unpaired) electrons. The summed E-state index contributed by atoms with van der Waals surface area (Å²) in [5, 5.41) is 15.0. The van der Waals surface area contributed by atoms with E-state index in [9.17, 15) is 18.0 Å². The van der Waals surface area contributed by atoms with E-state index in [1.807, 2.05) is 0 Å². The van der Waals surface area contributed by atoms with Gasteiger partial charge >= 0.3 is 12.0 Å². The molecule has 1 rings (SSSR count). The third-order valence-electron chi connectivity index (χ3n) is 3.18. The second-order valence-electron chi connectivity index (χ2n) is 4.81. The second-order valence-corrected chi connectivity index (χ2v) is 6.74. The third-order valence-corrected chi connectivity index (χ3v) is 4.58. The molecular formula is C11H18N2O5S. The Kier molecular flexibility index (Phi) is 4.56. The molecule has 0 spiro atoms. The van der Waals surface area contributed by atoms with Gasteiger partial charge in [0.1, 0.15) is 0 Å². The molecule has 1 aliphatic rings. The zero-order valence-electron chi connectivity index (χ0n) is 10.8. The van der Waals surface area contributed by atoms with Crippen molar-refractivity contribution in [2.24, 2.45) is 5.41 Å². The Balaban J connectivity index is 2.45. The van der Waals surface area contributed by atoms with Gasteiger partial charge < -0.3 is 15.7 Å². The van der Waals surface area contributed by atoms with Gasteiger partial charge in [-0.1, -0.05) is 6.92 Å². The van der Waals surface area contributed by atoms with Gasteiger partial charge in [-0.25, -0.2) is 13.2 Å². The van der Waals surface area contributed by atoms with Crippen molar-refractivity contribution in [3.05, 3.63) is 11.5 Å². The second kappa shape index (κ2) is 5.60. The summed E-state index contributed by atoms with van der Waals surface area (Å²) in [4.78, 5) is 22.6. The first-order valence-electron chi connectivity index (χ1n) is 5.87. The molecule has 0 bridgehead atoms. The quantitative estimate of drug-likeness (QED) is 0.664. The molecule has 0 fully saturated rings. The Hall–Kier alpha value is -1.57. The first-order chi connectivity index (χ1) is 8.68. The van der Waals surface area contributed by atoms with Crippen LogP contribution in [-0.2, 0) is 14.6 Å². The molecule has 3 N–H and O–H groups in total. The van der Waals surface area contributed by atoms with Crippen LogP contribution in [0.25, 0.3) is 0 Å². The molecule has 0 saturated heterocycles. The van der Waals surface area contributed by atoms with Gasteiger partial charge in [-0.3, -0.25) is 4.79 Å². The first kappa shape index (κ1) is 15.5. The highest BCUT2D eigenvalue weighted by molar-refractivity contribution is 7.94. The molecule has 1 heterocycles. The van der Waals surface area contributed by atoms with E-state index in [2.05, 4.69) is 10.6 Å². The predicted octanol–water partition coefficient (Wildman–Crippen LogP) is 0.0972. The van der Waals surface area contributed by atoms with Gasteiger partial charge in [-0.05, 0) is 19.4 Å². The fourth-order valence-corrected chi connectivity index (χ4v) is 2.75. The smallest absolute Gasteiger partial charge is 0.315 e. The maximum absolute atomic E-state index is 11.6. The van der Waals surface area contributed by atoms with E-state index in [0.29, 0.717) is 6.42 Å². The highest BCUT2D eigenvalue weighted by atomic mass is 32.2. The Morgan fingerprint density at radius 3 is 2.53 bits per heavy atom.